The highest BCUT2D eigenvalue weighted by Crippen LogP contribution is 2.48. The van der Waals surface area contributed by atoms with Crippen LogP contribution in [0.3, 0.4) is 0 Å². The molecule has 0 saturated carbocycles. The molecule has 0 unspecified atom stereocenters. The Morgan fingerprint density at radius 2 is 1.31 bits per heavy atom. The smallest absolute Gasteiger partial charge is 0.326 e. The Bertz CT molecular complexity index is 285. The second kappa shape index (κ2) is 5.50. The third kappa shape index (κ3) is 11.1. The average molecular weight is 297 g/mol. The number of hydrogen-bond acceptors (Lipinski definition) is 5. The molecule has 0 spiro atoms. The normalized spacial score (nSPS) is 14.5. The summed E-state index contributed by atoms with van der Waals surface area (Å²) >= 11 is 0. The van der Waals surface area contributed by atoms with E-state index in [4.69, 9.17) is 24.5 Å². The molecule has 0 bridgehead atoms. The van der Waals surface area contributed by atoms with E-state index in [1.54, 1.807) is 0 Å². The van der Waals surface area contributed by atoms with E-state index in [-0.39, 0.29) is 0 Å². The summed E-state index contributed by atoms with van der Waals surface area (Å²) in [5, 5.41) is 0. The van der Waals surface area contributed by atoms with Crippen molar-refractivity contribution in [2.75, 3.05) is 18.5 Å². The van der Waals surface area contributed by atoms with Gasteiger partial charge in [-0.2, -0.15) is 0 Å². The maximum atomic E-state index is 10.6. The monoisotopic (exact) mass is 297 g/mol. The van der Waals surface area contributed by atoms with Crippen molar-refractivity contribution < 1.29 is 43.4 Å². The van der Waals surface area contributed by atoms with Crippen molar-refractivity contribution in [3.63, 3.8) is 0 Å². The molecule has 98 valence electrons. The molecular weight excluding hydrogens is 285 g/mol. The lowest BCUT2D eigenvalue weighted by atomic mass is 10.3. The summed E-state index contributed by atoms with van der Waals surface area (Å²) in [5.41, 5.74) is 0. The maximum Gasteiger partial charge on any atom is 0.326 e. The van der Waals surface area contributed by atoms with Gasteiger partial charge in [0, 0.05) is 13.9 Å². The van der Waals surface area contributed by atoms with Gasteiger partial charge in [0.25, 0.3) is 0 Å². The van der Waals surface area contributed by atoms with Gasteiger partial charge in [-0.1, -0.05) is 0 Å². The third-order valence-corrected chi connectivity index (χ3v) is 4.44. The molecule has 5 N–H and O–H groups in total. The van der Waals surface area contributed by atoms with Crippen LogP contribution in [0.15, 0.2) is 0 Å². The zero-order valence-corrected chi connectivity index (χ0v) is 10.6. The van der Waals surface area contributed by atoms with E-state index >= 15 is 0 Å². The highest BCUT2D eigenvalue weighted by Gasteiger charge is 2.31. The molecule has 0 rings (SSSR count). The molecule has 0 fully saturated rings. The Hall–Kier alpha value is 0.610. The molecule has 0 aliphatic rings. The fourth-order valence-electron chi connectivity index (χ4n) is 1.17. The Balaban J connectivity index is 4.65. The summed E-state index contributed by atoms with van der Waals surface area (Å²) in [4.78, 5) is 63.7. The highest BCUT2D eigenvalue weighted by molar-refractivity contribution is 7.56. The molecule has 0 aliphatic heterocycles. The van der Waals surface area contributed by atoms with E-state index in [1.807, 2.05) is 0 Å². The Labute approximate surface area is 91.7 Å². The van der Waals surface area contributed by atoms with Crippen molar-refractivity contribution >= 4 is 23.1 Å². The first-order chi connectivity index (χ1) is 6.79. The van der Waals surface area contributed by atoms with Crippen LogP contribution in [0.5, 0.6) is 0 Å². The zero-order chi connectivity index (χ0) is 13.2. The molecule has 0 radical (unpaired) electrons. The quantitative estimate of drug-likeness (QED) is 0.329. The van der Waals surface area contributed by atoms with Gasteiger partial charge in [-0.3, -0.25) is 14.0 Å². The summed E-state index contributed by atoms with van der Waals surface area (Å²) < 4.78 is 21.2. The number of rotatable bonds is 6. The van der Waals surface area contributed by atoms with E-state index in [1.165, 1.54) is 0 Å². The molecule has 9 nitrogen and oxygen atoms in total. The van der Waals surface area contributed by atoms with Gasteiger partial charge in [0.15, 0.2) is 0 Å². The van der Waals surface area contributed by atoms with Crippen LogP contribution in [0.4, 0.5) is 0 Å². The predicted octanol–water partition coefficient (Wildman–Crippen LogP) is -2.57. The summed E-state index contributed by atoms with van der Waals surface area (Å²) in [6, 6.07) is 0. The van der Waals surface area contributed by atoms with E-state index in [2.05, 4.69) is 0 Å². The lowest BCUT2D eigenvalue weighted by Crippen LogP contribution is -2.30. The standard InChI is InChI=1S/C4H13O9P3/c5-14(6,7)1-4(2-15(8,9)10)3-16(11,12)13/h4H,1-3H2,(H2,5,6,7)(H2,8,9,10)(H2,11,12,13)/p-1. The van der Waals surface area contributed by atoms with Gasteiger partial charge in [0.1, 0.15) is 0 Å². The lowest BCUT2D eigenvalue weighted by Gasteiger charge is -2.31. The fraction of sp³-hybridized carbons (Fsp3) is 1.00. The lowest BCUT2D eigenvalue weighted by molar-refractivity contribution is -0.331. The zero-order valence-electron chi connectivity index (χ0n) is 7.91. The van der Waals surface area contributed by atoms with E-state index in [0.29, 0.717) is 0 Å². The SMILES string of the molecule is O=P(O)(O)CC(CP(=O)(O)O)C[P+]([O-])([O-])O. The molecule has 0 heterocycles. The van der Waals surface area contributed by atoms with E-state index in [0.717, 1.165) is 0 Å². The minimum absolute atomic E-state index is 1.01. The van der Waals surface area contributed by atoms with Crippen molar-refractivity contribution in [2.24, 2.45) is 5.92 Å². The summed E-state index contributed by atoms with van der Waals surface area (Å²) in [6.07, 6.45) is -3.10. The van der Waals surface area contributed by atoms with Crippen molar-refractivity contribution in [1.29, 1.82) is 0 Å². The van der Waals surface area contributed by atoms with Crippen molar-refractivity contribution in [2.45, 2.75) is 0 Å². The van der Waals surface area contributed by atoms with Crippen LogP contribution in [0.25, 0.3) is 0 Å². The summed E-state index contributed by atoms with van der Waals surface area (Å²) in [5.74, 6) is -1.49. The topological polar surface area (TPSA) is 181 Å². The molecule has 0 aromatic rings. The molecule has 0 saturated heterocycles. The van der Waals surface area contributed by atoms with E-state index < -0.39 is 47.5 Å². The first kappa shape index (κ1) is 16.6. The van der Waals surface area contributed by atoms with Crippen LogP contribution in [0.1, 0.15) is 0 Å². The minimum Gasteiger partial charge on any atom is -0.660 e. The van der Waals surface area contributed by atoms with Gasteiger partial charge < -0.3 is 29.4 Å². The van der Waals surface area contributed by atoms with Crippen LogP contribution in [-0.2, 0) is 9.13 Å². The van der Waals surface area contributed by atoms with Crippen LogP contribution in [0, 0.1) is 5.92 Å². The average Bonchev–Trinajstić information content (AvgIpc) is 1.70. The first-order valence-corrected chi connectivity index (χ1v) is 9.26. The summed E-state index contributed by atoms with van der Waals surface area (Å²) in [6.45, 7) is 0. The van der Waals surface area contributed by atoms with Gasteiger partial charge >= 0.3 is 15.2 Å². The van der Waals surface area contributed by atoms with Crippen LogP contribution >= 0.6 is 23.1 Å². The predicted molar refractivity (Wildman–Crippen MR) is 51.3 cm³/mol. The fourth-order valence-corrected chi connectivity index (χ4v) is 4.56. The molecule has 16 heavy (non-hydrogen) atoms. The Morgan fingerprint density at radius 3 is 1.50 bits per heavy atom. The van der Waals surface area contributed by atoms with Crippen molar-refractivity contribution in [3.8, 4) is 0 Å². The van der Waals surface area contributed by atoms with Crippen LogP contribution in [-0.4, -0.2) is 43.0 Å². The van der Waals surface area contributed by atoms with E-state index in [9.17, 15) is 18.9 Å². The minimum atomic E-state index is -4.83. The Kier molecular flexibility index (Phi) is 5.71. The van der Waals surface area contributed by atoms with Gasteiger partial charge in [-0.05, 0) is 0 Å². The first-order valence-electron chi connectivity index (χ1n) is 3.90. The second-order valence-electron chi connectivity index (χ2n) is 3.38. The van der Waals surface area contributed by atoms with Crippen molar-refractivity contribution in [1.82, 2.24) is 0 Å². The molecule has 12 heteroatoms. The largest absolute Gasteiger partial charge is 0.660 e. The van der Waals surface area contributed by atoms with Crippen molar-refractivity contribution in [3.05, 3.63) is 0 Å². The molecule has 0 amide bonds. The van der Waals surface area contributed by atoms with Crippen LogP contribution < -0.4 is 9.79 Å². The highest BCUT2D eigenvalue weighted by atomic mass is 31.2. The molecule has 0 aromatic heterocycles. The molecule has 0 aromatic carbocycles. The maximum absolute atomic E-state index is 10.6. The molecule has 0 atom stereocenters. The third-order valence-electron chi connectivity index (χ3n) is 1.48. The van der Waals surface area contributed by atoms with Gasteiger partial charge in [-0.25, -0.2) is 0 Å². The second-order valence-corrected chi connectivity index (χ2v) is 8.41. The molecule has 0 aliphatic carbocycles. The molecular formula is C4H12O9P3-. The van der Waals surface area contributed by atoms with Gasteiger partial charge in [0.05, 0.1) is 18.5 Å². The van der Waals surface area contributed by atoms with Crippen LogP contribution in [0.2, 0.25) is 0 Å². The summed E-state index contributed by atoms with van der Waals surface area (Å²) in [7, 11) is -14.0. The Morgan fingerprint density at radius 1 is 1.00 bits per heavy atom. The number of hydrogen-bond donors (Lipinski definition) is 5. The van der Waals surface area contributed by atoms with Gasteiger partial charge in [-0.15, -0.1) is 0 Å². The van der Waals surface area contributed by atoms with Gasteiger partial charge in [0.2, 0.25) is 0 Å².